The van der Waals surface area contributed by atoms with E-state index in [-0.39, 0.29) is 43.5 Å². The van der Waals surface area contributed by atoms with E-state index < -0.39 is 12.0 Å². The molecular weight excluding hydrogens is 416 g/mol. The molecule has 1 fully saturated rings. The van der Waals surface area contributed by atoms with E-state index in [0.29, 0.717) is 49.4 Å². The van der Waals surface area contributed by atoms with Crippen LogP contribution in [0.25, 0.3) is 0 Å². The lowest BCUT2D eigenvalue weighted by molar-refractivity contribution is -0.152. The van der Waals surface area contributed by atoms with Crippen LogP contribution in [0.3, 0.4) is 0 Å². The van der Waals surface area contributed by atoms with E-state index in [9.17, 15) is 14.4 Å². The van der Waals surface area contributed by atoms with Gasteiger partial charge in [0.15, 0.2) is 0 Å². The van der Waals surface area contributed by atoms with Gasteiger partial charge in [0, 0.05) is 18.7 Å². The lowest BCUT2D eigenvalue weighted by Crippen LogP contribution is -2.52. The smallest absolute Gasteiger partial charge is 0.332 e. The molecule has 174 valence electrons. The van der Waals surface area contributed by atoms with Crippen LogP contribution in [0, 0.1) is 5.41 Å². The number of amidine groups is 1. The monoisotopic (exact) mass is 446 g/mol. The highest BCUT2D eigenvalue weighted by Gasteiger charge is 2.34. The number of nitrogens with one attached hydrogen (secondary N) is 1. The summed E-state index contributed by atoms with van der Waals surface area (Å²) in [6, 6.07) is 4.10. The number of nitrogen functional groups attached to an aromatic ring is 1. The normalized spacial score (nSPS) is 17.8. The van der Waals surface area contributed by atoms with Crippen LogP contribution in [0.1, 0.15) is 42.6 Å². The molecule has 0 bridgehead atoms. The quantitative estimate of drug-likeness (QED) is 0.359. The van der Waals surface area contributed by atoms with Crippen molar-refractivity contribution in [1.82, 2.24) is 9.80 Å². The number of carbonyl (C=O) groups is 3. The number of ether oxygens (including phenoxy) is 3. The number of esters is 1. The fraction of sp³-hybridized carbons (Fsp3) is 0.545. The van der Waals surface area contributed by atoms with Crippen molar-refractivity contribution in [2.24, 2.45) is 5.73 Å². The predicted molar refractivity (Wildman–Crippen MR) is 116 cm³/mol. The Morgan fingerprint density at radius 2 is 2.00 bits per heavy atom. The molecule has 32 heavy (non-hydrogen) atoms. The molecule has 2 heterocycles. The number of benzene rings is 1. The van der Waals surface area contributed by atoms with Gasteiger partial charge in [-0.15, -0.1) is 0 Å². The van der Waals surface area contributed by atoms with Crippen LogP contribution in [0.15, 0.2) is 18.2 Å². The lowest BCUT2D eigenvalue weighted by atomic mass is 10.1. The van der Waals surface area contributed by atoms with Crippen LogP contribution in [0.2, 0.25) is 0 Å². The number of carbonyl (C=O) groups excluding carboxylic acids is 3. The van der Waals surface area contributed by atoms with Gasteiger partial charge in [0.05, 0.1) is 24.8 Å². The summed E-state index contributed by atoms with van der Waals surface area (Å²) in [5.74, 6) is -0.558. The zero-order valence-electron chi connectivity index (χ0n) is 18.5. The molecule has 1 aromatic carbocycles. The zero-order chi connectivity index (χ0) is 23.3. The molecule has 0 spiro atoms. The Morgan fingerprint density at radius 3 is 2.66 bits per heavy atom. The number of amides is 2. The molecule has 0 unspecified atom stereocenters. The van der Waals surface area contributed by atoms with E-state index in [4.69, 9.17) is 25.4 Å². The minimum absolute atomic E-state index is 0.0874. The number of hydrogen-bond donors (Lipinski definition) is 2. The number of piperidine rings is 1. The third-order valence-corrected chi connectivity index (χ3v) is 5.69. The van der Waals surface area contributed by atoms with Gasteiger partial charge in [-0.25, -0.2) is 4.79 Å². The summed E-state index contributed by atoms with van der Waals surface area (Å²) in [5, 5.41) is 7.56. The maximum absolute atomic E-state index is 13.1. The molecule has 0 saturated carbocycles. The number of hydrogen-bond acceptors (Lipinski definition) is 7. The SMILES string of the molecule is CCOC(=O)COC1CCN(C(=O)[C@H](C)N2CCOc3cc(C(=N)N)ccc3C2=O)CC1. The van der Waals surface area contributed by atoms with E-state index in [1.807, 2.05) is 0 Å². The van der Waals surface area contributed by atoms with Crippen LogP contribution in [-0.4, -0.2) is 85.0 Å². The first-order valence-electron chi connectivity index (χ1n) is 10.8. The molecule has 1 atom stereocenters. The van der Waals surface area contributed by atoms with Crippen LogP contribution in [0.5, 0.6) is 5.75 Å². The molecule has 2 aliphatic rings. The molecule has 1 aromatic rings. The van der Waals surface area contributed by atoms with Gasteiger partial charge in [0.2, 0.25) is 5.91 Å². The Bertz CT molecular complexity index is 881. The number of rotatable bonds is 7. The van der Waals surface area contributed by atoms with E-state index >= 15 is 0 Å². The molecule has 0 aliphatic carbocycles. The molecule has 10 heteroatoms. The Hall–Kier alpha value is -3.14. The Kier molecular flexibility index (Phi) is 7.68. The summed E-state index contributed by atoms with van der Waals surface area (Å²) in [7, 11) is 0. The number of nitrogens with zero attached hydrogens (tertiary/aromatic N) is 2. The van der Waals surface area contributed by atoms with Crippen molar-refractivity contribution >= 4 is 23.6 Å². The lowest BCUT2D eigenvalue weighted by Gasteiger charge is -2.36. The van der Waals surface area contributed by atoms with Crippen molar-refractivity contribution in [3.63, 3.8) is 0 Å². The topological polar surface area (TPSA) is 135 Å². The molecular formula is C22H30N4O6. The van der Waals surface area contributed by atoms with Crippen molar-refractivity contribution in [1.29, 1.82) is 5.41 Å². The van der Waals surface area contributed by atoms with Gasteiger partial charge >= 0.3 is 5.97 Å². The minimum atomic E-state index is -0.651. The molecule has 10 nitrogen and oxygen atoms in total. The third-order valence-electron chi connectivity index (χ3n) is 5.69. The van der Waals surface area contributed by atoms with E-state index in [1.165, 1.54) is 4.90 Å². The summed E-state index contributed by atoms with van der Waals surface area (Å²) in [6.45, 7) is 5.19. The van der Waals surface area contributed by atoms with E-state index in [1.54, 1.807) is 36.9 Å². The molecule has 0 aromatic heterocycles. The van der Waals surface area contributed by atoms with Gasteiger partial charge in [-0.05, 0) is 38.8 Å². The fourth-order valence-corrected chi connectivity index (χ4v) is 3.89. The molecule has 2 amide bonds. The van der Waals surface area contributed by atoms with Crippen molar-refractivity contribution in [3.05, 3.63) is 29.3 Å². The molecule has 2 aliphatic heterocycles. The highest BCUT2D eigenvalue weighted by molar-refractivity contribution is 6.02. The average molecular weight is 447 g/mol. The van der Waals surface area contributed by atoms with Crippen molar-refractivity contribution in [2.45, 2.75) is 38.8 Å². The summed E-state index contributed by atoms with van der Waals surface area (Å²) < 4.78 is 16.1. The first kappa shape index (κ1) is 23.5. The van der Waals surface area contributed by atoms with Crippen molar-refractivity contribution < 1.29 is 28.6 Å². The number of nitrogens with two attached hydrogens (primary N) is 1. The summed E-state index contributed by atoms with van der Waals surface area (Å²) in [4.78, 5) is 40.9. The average Bonchev–Trinajstić information content (AvgIpc) is 2.95. The van der Waals surface area contributed by atoms with Gasteiger partial charge in [-0.2, -0.15) is 0 Å². The summed E-state index contributed by atoms with van der Waals surface area (Å²) in [6.07, 6.45) is 1.13. The third kappa shape index (κ3) is 5.37. The zero-order valence-corrected chi connectivity index (χ0v) is 18.5. The van der Waals surface area contributed by atoms with Gasteiger partial charge < -0.3 is 29.7 Å². The highest BCUT2D eigenvalue weighted by Crippen LogP contribution is 2.26. The second-order valence-electron chi connectivity index (χ2n) is 7.79. The maximum Gasteiger partial charge on any atom is 0.332 e. The maximum atomic E-state index is 13.1. The first-order chi connectivity index (χ1) is 15.3. The second-order valence-corrected chi connectivity index (χ2v) is 7.79. The minimum Gasteiger partial charge on any atom is -0.491 e. The van der Waals surface area contributed by atoms with Crippen LogP contribution in [-0.2, 0) is 19.1 Å². The van der Waals surface area contributed by atoms with Gasteiger partial charge in [-0.3, -0.25) is 15.0 Å². The summed E-state index contributed by atoms with van der Waals surface area (Å²) in [5.41, 5.74) is 6.35. The van der Waals surface area contributed by atoms with Gasteiger partial charge in [-0.1, -0.05) is 6.07 Å². The van der Waals surface area contributed by atoms with Crippen LogP contribution >= 0.6 is 0 Å². The van der Waals surface area contributed by atoms with Crippen LogP contribution < -0.4 is 10.5 Å². The highest BCUT2D eigenvalue weighted by atomic mass is 16.6. The standard InChI is InChI=1S/C22H30N4O6/c1-3-30-19(27)13-32-16-6-8-25(9-7-16)21(28)14(2)26-10-11-31-18-12-15(20(23)24)4-5-17(18)22(26)29/h4-5,12,14,16H,3,6-11,13H2,1-2H3,(H3,23,24)/t14-/m0/s1. The van der Waals surface area contributed by atoms with Crippen molar-refractivity contribution in [2.75, 3.05) is 39.5 Å². The molecule has 0 radical (unpaired) electrons. The molecule has 3 N–H and O–H groups in total. The fourth-order valence-electron chi connectivity index (χ4n) is 3.89. The predicted octanol–water partition coefficient (Wildman–Crippen LogP) is 0.764. The Labute approximate surface area is 187 Å². The largest absolute Gasteiger partial charge is 0.491 e. The first-order valence-corrected chi connectivity index (χ1v) is 10.8. The van der Waals surface area contributed by atoms with Crippen molar-refractivity contribution in [3.8, 4) is 5.75 Å². The van der Waals surface area contributed by atoms with E-state index in [0.717, 1.165) is 0 Å². The Morgan fingerprint density at radius 1 is 1.28 bits per heavy atom. The number of fused-ring (bicyclic) bond motifs is 1. The van der Waals surface area contributed by atoms with Crippen LogP contribution in [0.4, 0.5) is 0 Å². The van der Waals surface area contributed by atoms with E-state index in [2.05, 4.69) is 0 Å². The van der Waals surface area contributed by atoms with Gasteiger partial charge in [0.1, 0.15) is 30.8 Å². The molecule has 1 saturated heterocycles. The Balaban J connectivity index is 1.59. The van der Waals surface area contributed by atoms with Gasteiger partial charge in [0.25, 0.3) is 5.91 Å². The number of likely N-dealkylation sites (tertiary alicyclic amines) is 1. The molecule has 3 rings (SSSR count). The second kappa shape index (κ2) is 10.4. The summed E-state index contributed by atoms with van der Waals surface area (Å²) >= 11 is 0.